The highest BCUT2D eigenvalue weighted by Crippen LogP contribution is 2.52. The average molecular weight is 615 g/mol. The molecule has 0 unspecified atom stereocenters. The van der Waals surface area contributed by atoms with Gasteiger partial charge in [0, 0.05) is 42.3 Å². The van der Waals surface area contributed by atoms with Crippen molar-refractivity contribution in [2.24, 2.45) is 0 Å². The van der Waals surface area contributed by atoms with Crippen LogP contribution in [0.1, 0.15) is 30.4 Å². The number of nitrogens with one attached hydrogen (secondary N) is 1. The van der Waals surface area contributed by atoms with Gasteiger partial charge < -0.3 is 15.0 Å². The molecule has 42 heavy (non-hydrogen) atoms. The van der Waals surface area contributed by atoms with Gasteiger partial charge in [-0.15, -0.1) is 0 Å². The molecule has 2 heterocycles. The lowest BCUT2D eigenvalue weighted by atomic mass is 9.86. The minimum Gasteiger partial charge on any atom is -0.433 e. The molecule has 0 bridgehead atoms. The van der Waals surface area contributed by atoms with E-state index in [2.05, 4.69) is 9.80 Å². The number of benzene rings is 3. The summed E-state index contributed by atoms with van der Waals surface area (Å²) in [5.41, 5.74) is 3.28. The number of carbonyl (C=O) groups is 1. The van der Waals surface area contributed by atoms with Crippen molar-refractivity contribution in [1.82, 2.24) is 15.2 Å². The number of halogens is 4. The van der Waals surface area contributed by atoms with Gasteiger partial charge in [0.25, 0.3) is 0 Å². The second kappa shape index (κ2) is 11.7. The zero-order valence-electron chi connectivity index (χ0n) is 22.8. The predicted molar refractivity (Wildman–Crippen MR) is 160 cm³/mol. The second-order valence-electron chi connectivity index (χ2n) is 10.7. The number of unbranched alkanes of at least 4 members (excludes halogenated alkanes) is 1. The van der Waals surface area contributed by atoms with Crippen molar-refractivity contribution in [2.45, 2.75) is 31.0 Å². The third kappa shape index (κ3) is 5.93. The van der Waals surface area contributed by atoms with E-state index < -0.39 is 24.4 Å². The second-order valence-corrected chi connectivity index (χ2v) is 12.1. The highest BCUT2D eigenvalue weighted by molar-refractivity contribution is 7.22. The first kappa shape index (κ1) is 28.8. The zero-order chi connectivity index (χ0) is 29.3. The van der Waals surface area contributed by atoms with Gasteiger partial charge in [0.2, 0.25) is 0 Å². The SMILES string of the molecule is O=C(NCC(F)(F)F)OC1(CCCCN2CCN(c3nc4ccc(Cl)cc4s3)CC2)c2ccccc2-c2ccccc21. The van der Waals surface area contributed by atoms with Crippen LogP contribution in [0.15, 0.2) is 66.7 Å². The van der Waals surface area contributed by atoms with E-state index in [0.29, 0.717) is 11.4 Å². The van der Waals surface area contributed by atoms with Gasteiger partial charge in [-0.05, 0) is 55.1 Å². The van der Waals surface area contributed by atoms with E-state index >= 15 is 0 Å². The fourth-order valence-corrected chi connectivity index (χ4v) is 7.27. The van der Waals surface area contributed by atoms with Crippen LogP contribution in [0.3, 0.4) is 0 Å². The highest BCUT2D eigenvalue weighted by atomic mass is 35.5. The van der Waals surface area contributed by atoms with Crippen molar-refractivity contribution in [1.29, 1.82) is 0 Å². The van der Waals surface area contributed by atoms with E-state index in [-0.39, 0.29) is 0 Å². The number of rotatable bonds is 8. The number of alkyl halides is 3. The number of amides is 1. The minimum absolute atomic E-state index is 0.467. The summed E-state index contributed by atoms with van der Waals surface area (Å²) < 4.78 is 45.5. The van der Waals surface area contributed by atoms with Crippen molar-refractivity contribution in [3.05, 3.63) is 82.9 Å². The summed E-state index contributed by atoms with van der Waals surface area (Å²) in [5, 5.41) is 3.61. The molecule has 0 radical (unpaired) electrons. The topological polar surface area (TPSA) is 57.7 Å². The van der Waals surface area contributed by atoms with E-state index in [4.69, 9.17) is 21.3 Å². The average Bonchev–Trinajstić information content (AvgIpc) is 3.52. The molecule has 1 fully saturated rings. The van der Waals surface area contributed by atoms with Gasteiger partial charge in [-0.1, -0.05) is 71.5 Å². The first-order chi connectivity index (χ1) is 20.2. The lowest BCUT2D eigenvalue weighted by Gasteiger charge is -2.35. The van der Waals surface area contributed by atoms with Gasteiger partial charge in [-0.3, -0.25) is 4.90 Å². The Hall–Kier alpha value is -3.34. The maximum absolute atomic E-state index is 12.8. The fraction of sp³-hybridized carbons (Fsp3) is 0.355. The van der Waals surface area contributed by atoms with Crippen molar-refractivity contribution in [3.63, 3.8) is 0 Å². The smallest absolute Gasteiger partial charge is 0.408 e. The molecule has 1 aliphatic heterocycles. The van der Waals surface area contributed by atoms with E-state index in [1.54, 1.807) is 11.3 Å². The molecule has 0 spiro atoms. The third-order valence-corrected chi connectivity index (χ3v) is 9.26. The molecule has 1 N–H and O–H groups in total. The van der Waals surface area contributed by atoms with Gasteiger partial charge >= 0.3 is 12.3 Å². The number of aromatic nitrogens is 1. The largest absolute Gasteiger partial charge is 0.433 e. The monoisotopic (exact) mass is 614 g/mol. The molecule has 6 nitrogen and oxygen atoms in total. The summed E-state index contributed by atoms with van der Waals surface area (Å²) in [6.45, 7) is 3.00. The van der Waals surface area contributed by atoms with Crippen molar-refractivity contribution in [3.8, 4) is 11.1 Å². The fourth-order valence-electron chi connectivity index (χ4n) is 5.98. The van der Waals surface area contributed by atoms with Crippen LogP contribution in [0, 0.1) is 0 Å². The normalized spacial score (nSPS) is 16.3. The van der Waals surface area contributed by atoms with Crippen LogP contribution in [0.2, 0.25) is 5.02 Å². The van der Waals surface area contributed by atoms with Crippen LogP contribution >= 0.6 is 22.9 Å². The zero-order valence-corrected chi connectivity index (χ0v) is 24.4. The Morgan fingerprint density at radius 1 is 0.976 bits per heavy atom. The Morgan fingerprint density at radius 3 is 2.31 bits per heavy atom. The molecule has 1 aromatic heterocycles. The van der Waals surface area contributed by atoms with Crippen molar-refractivity contribution in [2.75, 3.05) is 44.2 Å². The van der Waals surface area contributed by atoms with Crippen molar-refractivity contribution < 1.29 is 22.7 Å². The number of hydrogen-bond donors (Lipinski definition) is 1. The number of thiazole rings is 1. The number of anilines is 1. The molecule has 1 saturated heterocycles. The Morgan fingerprint density at radius 2 is 1.64 bits per heavy atom. The van der Waals surface area contributed by atoms with Crippen LogP contribution in [-0.4, -0.2) is 61.4 Å². The van der Waals surface area contributed by atoms with Gasteiger partial charge in [0.15, 0.2) is 10.7 Å². The van der Waals surface area contributed by atoms with Gasteiger partial charge in [0.05, 0.1) is 10.2 Å². The molecule has 1 amide bonds. The molecule has 0 atom stereocenters. The van der Waals surface area contributed by atoms with E-state index in [1.165, 1.54) is 0 Å². The quantitative estimate of drug-likeness (QED) is 0.209. The molecule has 2 aliphatic rings. The molecule has 4 aromatic rings. The first-order valence-corrected chi connectivity index (χ1v) is 15.2. The highest BCUT2D eigenvalue weighted by Gasteiger charge is 2.46. The number of piperazine rings is 1. The number of nitrogens with zero attached hydrogens (tertiary/aromatic N) is 3. The molecular weight excluding hydrogens is 585 g/mol. The summed E-state index contributed by atoms with van der Waals surface area (Å²) >= 11 is 7.79. The van der Waals surface area contributed by atoms with Gasteiger partial charge in [-0.2, -0.15) is 13.2 Å². The molecular formula is C31H30ClF3N4O2S. The Kier molecular flexibility index (Phi) is 8.04. The number of alkyl carbamates (subject to hydrolysis) is 1. The molecule has 6 rings (SSSR count). The van der Waals surface area contributed by atoms with Crippen LogP contribution in [-0.2, 0) is 10.3 Å². The maximum atomic E-state index is 12.8. The van der Waals surface area contributed by atoms with Gasteiger partial charge in [-0.25, -0.2) is 9.78 Å². The summed E-state index contributed by atoms with van der Waals surface area (Å²) in [5.74, 6) is 0. The maximum Gasteiger partial charge on any atom is 0.408 e. The molecule has 220 valence electrons. The lowest BCUT2D eigenvalue weighted by Crippen LogP contribution is -2.46. The lowest BCUT2D eigenvalue weighted by molar-refractivity contribution is -0.124. The number of fused-ring (bicyclic) bond motifs is 4. The number of hydrogen-bond acceptors (Lipinski definition) is 6. The minimum atomic E-state index is -4.53. The summed E-state index contributed by atoms with van der Waals surface area (Å²) in [4.78, 5) is 22.2. The summed E-state index contributed by atoms with van der Waals surface area (Å²) in [6.07, 6.45) is -3.54. The molecule has 3 aromatic carbocycles. The van der Waals surface area contributed by atoms with E-state index in [9.17, 15) is 18.0 Å². The van der Waals surface area contributed by atoms with Crippen LogP contribution < -0.4 is 10.2 Å². The van der Waals surface area contributed by atoms with Crippen LogP contribution in [0.4, 0.5) is 23.1 Å². The van der Waals surface area contributed by atoms with Crippen LogP contribution in [0.25, 0.3) is 21.3 Å². The Bertz CT molecular complexity index is 1540. The Balaban J connectivity index is 1.10. The summed E-state index contributed by atoms with van der Waals surface area (Å²) in [7, 11) is 0. The Labute approximate surface area is 251 Å². The molecule has 11 heteroatoms. The molecule has 0 saturated carbocycles. The van der Waals surface area contributed by atoms with Crippen LogP contribution in [0.5, 0.6) is 0 Å². The van der Waals surface area contributed by atoms with E-state index in [0.717, 1.165) is 83.2 Å². The third-order valence-electron chi connectivity index (χ3n) is 7.95. The van der Waals surface area contributed by atoms with E-state index in [1.807, 2.05) is 72.0 Å². The summed E-state index contributed by atoms with van der Waals surface area (Å²) in [6, 6.07) is 21.1. The standard InChI is InChI=1S/C31H30ClF3N4O2S/c32-21-11-12-26-27(19-21)42-28(37-26)39-17-15-38(16-18-39)14-6-5-13-30(41-29(40)36-20-31(33,34)35)24-9-3-1-7-22(24)23-8-2-4-10-25(23)30/h1-4,7-12,19H,5-6,13-18,20H2,(H,36,40). The molecule has 1 aliphatic carbocycles. The predicted octanol–water partition coefficient (Wildman–Crippen LogP) is 7.45. The number of ether oxygens (including phenoxy) is 1. The first-order valence-electron chi connectivity index (χ1n) is 14.0. The number of carbonyl (C=O) groups excluding carboxylic acids is 1. The van der Waals surface area contributed by atoms with Crippen molar-refractivity contribution >= 4 is 44.4 Å². The van der Waals surface area contributed by atoms with Gasteiger partial charge in [0.1, 0.15) is 6.54 Å².